The average Bonchev–Trinajstić information content (AvgIpc) is 2.79. The Kier molecular flexibility index (Phi) is 3.57. The monoisotopic (exact) mass is 307 g/mol. The van der Waals surface area contributed by atoms with Crippen LogP contribution < -0.4 is 0 Å². The van der Waals surface area contributed by atoms with E-state index in [-0.39, 0.29) is 17.3 Å². The zero-order valence-electron chi connectivity index (χ0n) is 9.50. The van der Waals surface area contributed by atoms with Crippen molar-refractivity contribution in [2.24, 2.45) is 0 Å². The molecule has 0 radical (unpaired) electrons. The second kappa shape index (κ2) is 5.04. The Bertz CT molecular complexity index is 657. The van der Waals surface area contributed by atoms with E-state index in [2.05, 4.69) is 15.1 Å². The van der Waals surface area contributed by atoms with Gasteiger partial charge in [0.1, 0.15) is 6.54 Å². The molecule has 0 saturated heterocycles. The van der Waals surface area contributed by atoms with Crippen molar-refractivity contribution in [1.29, 1.82) is 0 Å². The van der Waals surface area contributed by atoms with Crippen LogP contribution in [0.15, 0.2) is 18.6 Å². The van der Waals surface area contributed by atoms with Gasteiger partial charge in [-0.15, -0.1) is 0 Å². The molecule has 0 N–H and O–H groups in total. The molecule has 0 bridgehead atoms. The molecular formula is C9H5ClF3N5O2. The molecule has 0 fully saturated rings. The lowest BCUT2D eigenvalue weighted by Crippen LogP contribution is -2.09. The summed E-state index contributed by atoms with van der Waals surface area (Å²) in [5.41, 5.74) is -0.879. The molecule has 0 aliphatic heterocycles. The Labute approximate surface area is 114 Å². The van der Waals surface area contributed by atoms with Gasteiger partial charge in [0.15, 0.2) is 0 Å². The van der Waals surface area contributed by atoms with Gasteiger partial charge in [-0.05, 0) is 11.0 Å². The zero-order valence-corrected chi connectivity index (χ0v) is 10.3. The predicted octanol–water partition coefficient (Wildman–Crippen LogP) is 2.30. The first-order valence-corrected chi connectivity index (χ1v) is 5.40. The van der Waals surface area contributed by atoms with Crippen LogP contribution in [0.2, 0.25) is 5.02 Å². The third-order valence-electron chi connectivity index (χ3n) is 2.24. The molecule has 0 unspecified atom stereocenters. The largest absolute Gasteiger partial charge is 0.490 e. The Balaban J connectivity index is 2.23. The van der Waals surface area contributed by atoms with Crippen molar-refractivity contribution in [1.82, 2.24) is 19.7 Å². The maximum atomic E-state index is 12.4. The molecule has 0 aliphatic rings. The third-order valence-corrected chi connectivity index (χ3v) is 2.57. The van der Waals surface area contributed by atoms with Crippen molar-refractivity contribution < 1.29 is 18.1 Å². The molecule has 0 aliphatic carbocycles. The summed E-state index contributed by atoms with van der Waals surface area (Å²) in [6.45, 7) is -0.127. The van der Waals surface area contributed by atoms with Crippen molar-refractivity contribution in [2.75, 3.05) is 0 Å². The van der Waals surface area contributed by atoms with Gasteiger partial charge in [0, 0.05) is 11.3 Å². The van der Waals surface area contributed by atoms with E-state index in [1.165, 1.54) is 0 Å². The van der Waals surface area contributed by atoms with Crippen LogP contribution in [-0.2, 0) is 12.7 Å². The molecule has 2 heterocycles. The molecular weight excluding hydrogens is 303 g/mol. The summed E-state index contributed by atoms with van der Waals surface area (Å²) in [4.78, 5) is 16.6. The van der Waals surface area contributed by atoms with Gasteiger partial charge in [-0.1, -0.05) is 16.6 Å². The molecule has 11 heteroatoms. The highest BCUT2D eigenvalue weighted by Gasteiger charge is 2.31. The van der Waals surface area contributed by atoms with E-state index in [4.69, 9.17) is 11.6 Å². The fourth-order valence-electron chi connectivity index (χ4n) is 1.34. The summed E-state index contributed by atoms with van der Waals surface area (Å²) < 4.78 is 38.3. The number of hydrogen-bond acceptors (Lipinski definition) is 5. The standard InChI is InChI=1S/C9H5ClF3N5O2/c10-6-1-5(9(11,12)13)2-14-7(6)3-17-4-15-8(16-17)18(19)20/h1-2,4H,3H2. The second-order valence-electron chi connectivity index (χ2n) is 3.65. The summed E-state index contributed by atoms with van der Waals surface area (Å²) >= 11 is 5.70. The summed E-state index contributed by atoms with van der Waals surface area (Å²) in [5, 5.41) is 13.7. The van der Waals surface area contributed by atoms with Crippen LogP contribution in [0.3, 0.4) is 0 Å². The molecule has 2 rings (SSSR count). The summed E-state index contributed by atoms with van der Waals surface area (Å²) in [6.07, 6.45) is -2.85. The number of pyridine rings is 1. The Morgan fingerprint density at radius 3 is 2.60 bits per heavy atom. The highest BCUT2D eigenvalue weighted by molar-refractivity contribution is 6.31. The fraction of sp³-hybridized carbons (Fsp3) is 0.222. The molecule has 7 nitrogen and oxygen atoms in total. The Morgan fingerprint density at radius 1 is 1.40 bits per heavy atom. The van der Waals surface area contributed by atoms with Gasteiger partial charge in [-0.25, -0.2) is 0 Å². The Morgan fingerprint density at radius 2 is 2.10 bits per heavy atom. The minimum absolute atomic E-state index is 0.0967. The highest BCUT2D eigenvalue weighted by atomic mass is 35.5. The van der Waals surface area contributed by atoms with Gasteiger partial charge in [0.25, 0.3) is 0 Å². The second-order valence-corrected chi connectivity index (χ2v) is 4.06. The van der Waals surface area contributed by atoms with Crippen LogP contribution in [0.5, 0.6) is 0 Å². The topological polar surface area (TPSA) is 86.7 Å². The van der Waals surface area contributed by atoms with Gasteiger partial charge in [-0.2, -0.15) is 17.9 Å². The van der Waals surface area contributed by atoms with E-state index < -0.39 is 22.6 Å². The number of rotatable bonds is 3. The van der Waals surface area contributed by atoms with Crippen LogP contribution in [-0.4, -0.2) is 24.7 Å². The van der Waals surface area contributed by atoms with Crippen molar-refractivity contribution in [3.8, 4) is 0 Å². The third kappa shape index (κ3) is 3.02. The van der Waals surface area contributed by atoms with E-state index in [1.807, 2.05) is 0 Å². The average molecular weight is 308 g/mol. The van der Waals surface area contributed by atoms with Gasteiger partial charge in [-0.3, -0.25) is 4.98 Å². The number of nitrogens with zero attached hydrogens (tertiary/aromatic N) is 5. The molecule has 20 heavy (non-hydrogen) atoms. The predicted molar refractivity (Wildman–Crippen MR) is 60.0 cm³/mol. The lowest BCUT2D eigenvalue weighted by Gasteiger charge is -2.08. The van der Waals surface area contributed by atoms with E-state index in [9.17, 15) is 23.3 Å². The maximum Gasteiger partial charge on any atom is 0.490 e. The Hall–Kier alpha value is -2.23. The summed E-state index contributed by atoms with van der Waals surface area (Å²) in [6, 6.07) is 0.731. The molecule has 2 aromatic rings. The number of aromatic nitrogens is 4. The van der Waals surface area contributed by atoms with E-state index in [1.54, 1.807) is 0 Å². The van der Waals surface area contributed by atoms with Crippen LogP contribution >= 0.6 is 11.6 Å². The maximum absolute atomic E-state index is 12.4. The minimum atomic E-state index is -4.54. The van der Waals surface area contributed by atoms with E-state index >= 15 is 0 Å². The van der Waals surface area contributed by atoms with Crippen LogP contribution in [0, 0.1) is 10.1 Å². The van der Waals surface area contributed by atoms with Crippen LogP contribution in [0.1, 0.15) is 11.3 Å². The quantitative estimate of drug-likeness (QED) is 0.641. The number of alkyl halides is 3. The molecule has 106 valence electrons. The van der Waals surface area contributed by atoms with Crippen molar-refractivity contribution in [2.45, 2.75) is 12.7 Å². The smallest absolute Gasteiger partial charge is 0.390 e. The SMILES string of the molecule is O=[N+]([O-])c1ncn(Cc2ncc(C(F)(F)F)cc2Cl)n1. The zero-order chi connectivity index (χ0) is 14.9. The van der Waals surface area contributed by atoms with Crippen LogP contribution in [0.25, 0.3) is 0 Å². The van der Waals surface area contributed by atoms with Gasteiger partial charge < -0.3 is 10.1 Å². The van der Waals surface area contributed by atoms with Crippen molar-refractivity contribution >= 4 is 17.5 Å². The van der Waals surface area contributed by atoms with Crippen LogP contribution in [0.4, 0.5) is 19.1 Å². The first-order chi connectivity index (χ1) is 9.27. The normalized spacial score (nSPS) is 11.6. The lowest BCUT2D eigenvalue weighted by atomic mass is 10.2. The number of hydrogen-bond donors (Lipinski definition) is 0. The van der Waals surface area contributed by atoms with E-state index in [0.29, 0.717) is 6.20 Å². The number of nitro groups is 1. The molecule has 0 aromatic carbocycles. The molecule has 0 saturated carbocycles. The lowest BCUT2D eigenvalue weighted by molar-refractivity contribution is -0.394. The fourth-order valence-corrected chi connectivity index (χ4v) is 1.56. The summed E-state index contributed by atoms with van der Waals surface area (Å²) in [5.74, 6) is -0.618. The van der Waals surface area contributed by atoms with Crippen molar-refractivity contribution in [3.63, 3.8) is 0 Å². The first kappa shape index (κ1) is 14.2. The first-order valence-electron chi connectivity index (χ1n) is 5.03. The molecule has 2 aromatic heterocycles. The molecule has 0 spiro atoms. The van der Waals surface area contributed by atoms with Gasteiger partial charge in [0.2, 0.25) is 6.33 Å². The highest BCUT2D eigenvalue weighted by Crippen LogP contribution is 2.31. The van der Waals surface area contributed by atoms with Crippen molar-refractivity contribution in [3.05, 3.63) is 45.0 Å². The molecule has 0 atom stereocenters. The molecule has 0 amide bonds. The number of halogens is 4. The van der Waals surface area contributed by atoms with Gasteiger partial charge in [0.05, 0.1) is 16.3 Å². The van der Waals surface area contributed by atoms with Gasteiger partial charge >= 0.3 is 12.1 Å². The van der Waals surface area contributed by atoms with E-state index in [0.717, 1.165) is 17.1 Å². The minimum Gasteiger partial charge on any atom is -0.390 e. The summed E-state index contributed by atoms with van der Waals surface area (Å²) in [7, 11) is 0.